The Morgan fingerprint density at radius 2 is 2.04 bits per heavy atom. The molecule has 1 saturated heterocycles. The number of rotatable bonds is 5. The first-order valence-corrected chi connectivity index (χ1v) is 7.20. The standard InChI is InChI=1S/C15H18N2O6/c1-10-2-3-11(8-12(10)17(21)22)14(20)16-15(9-13(18)19)4-6-23-7-5-15/h2-3,8H,4-7,9H2,1H3,(H,16,20)(H,18,19). The van der Waals surface area contributed by atoms with E-state index in [9.17, 15) is 19.7 Å². The van der Waals surface area contributed by atoms with E-state index in [0.717, 1.165) is 0 Å². The second-order valence-electron chi connectivity index (χ2n) is 5.68. The Balaban J connectivity index is 2.23. The van der Waals surface area contributed by atoms with Crippen LogP contribution < -0.4 is 5.32 Å². The molecule has 124 valence electrons. The van der Waals surface area contributed by atoms with Gasteiger partial charge in [0.1, 0.15) is 0 Å². The maximum atomic E-state index is 12.4. The molecule has 1 aliphatic heterocycles. The number of benzene rings is 1. The molecule has 0 radical (unpaired) electrons. The summed E-state index contributed by atoms with van der Waals surface area (Å²) >= 11 is 0. The topological polar surface area (TPSA) is 119 Å². The summed E-state index contributed by atoms with van der Waals surface area (Å²) in [4.78, 5) is 33.9. The Hall–Kier alpha value is -2.48. The van der Waals surface area contributed by atoms with Crippen LogP contribution in [-0.2, 0) is 9.53 Å². The largest absolute Gasteiger partial charge is 0.481 e. The van der Waals surface area contributed by atoms with Gasteiger partial charge in [0, 0.05) is 30.4 Å². The maximum Gasteiger partial charge on any atom is 0.305 e. The van der Waals surface area contributed by atoms with Gasteiger partial charge in [-0.2, -0.15) is 0 Å². The summed E-state index contributed by atoms with van der Waals surface area (Å²) in [7, 11) is 0. The summed E-state index contributed by atoms with van der Waals surface area (Å²) in [5.74, 6) is -1.53. The molecule has 0 saturated carbocycles. The molecule has 0 atom stereocenters. The fourth-order valence-corrected chi connectivity index (χ4v) is 2.66. The third-order valence-corrected chi connectivity index (χ3v) is 3.99. The highest BCUT2D eigenvalue weighted by Crippen LogP contribution is 2.26. The average Bonchev–Trinajstić information content (AvgIpc) is 2.47. The Morgan fingerprint density at radius 3 is 2.61 bits per heavy atom. The molecule has 1 aromatic rings. The first-order valence-electron chi connectivity index (χ1n) is 7.20. The van der Waals surface area contributed by atoms with Gasteiger partial charge in [-0.1, -0.05) is 6.07 Å². The molecule has 1 aromatic carbocycles. The lowest BCUT2D eigenvalue weighted by Crippen LogP contribution is -2.53. The number of carboxylic acid groups (broad SMARTS) is 1. The van der Waals surface area contributed by atoms with Crippen molar-refractivity contribution in [3.05, 3.63) is 39.4 Å². The van der Waals surface area contributed by atoms with Crippen LogP contribution in [0.15, 0.2) is 18.2 Å². The molecule has 0 unspecified atom stereocenters. The maximum absolute atomic E-state index is 12.4. The summed E-state index contributed by atoms with van der Waals surface area (Å²) in [6.45, 7) is 2.31. The van der Waals surface area contributed by atoms with E-state index in [1.807, 2.05) is 0 Å². The van der Waals surface area contributed by atoms with E-state index >= 15 is 0 Å². The van der Waals surface area contributed by atoms with Gasteiger partial charge in [0.15, 0.2) is 0 Å². The molecule has 1 fully saturated rings. The van der Waals surface area contributed by atoms with Gasteiger partial charge in [0.2, 0.25) is 0 Å². The molecule has 23 heavy (non-hydrogen) atoms. The molecule has 0 aromatic heterocycles. The van der Waals surface area contributed by atoms with E-state index < -0.39 is 22.3 Å². The number of ether oxygens (including phenoxy) is 1. The molecule has 0 bridgehead atoms. The van der Waals surface area contributed by atoms with E-state index in [4.69, 9.17) is 9.84 Å². The highest BCUT2D eigenvalue weighted by Gasteiger charge is 2.36. The number of nitro groups is 1. The van der Waals surface area contributed by atoms with Crippen LogP contribution >= 0.6 is 0 Å². The summed E-state index contributed by atoms with van der Waals surface area (Å²) in [6.07, 6.45) is 0.564. The van der Waals surface area contributed by atoms with Gasteiger partial charge in [0.05, 0.1) is 16.9 Å². The minimum absolute atomic E-state index is 0.138. The van der Waals surface area contributed by atoms with Crippen molar-refractivity contribution < 1.29 is 24.4 Å². The number of nitrogens with one attached hydrogen (secondary N) is 1. The summed E-state index contributed by atoms with van der Waals surface area (Å²) < 4.78 is 5.23. The minimum atomic E-state index is -1.01. The minimum Gasteiger partial charge on any atom is -0.481 e. The predicted octanol–water partition coefficient (Wildman–Crippen LogP) is 1.66. The lowest BCUT2D eigenvalue weighted by Gasteiger charge is -2.36. The van der Waals surface area contributed by atoms with Crippen molar-refractivity contribution in [1.82, 2.24) is 5.32 Å². The second kappa shape index (κ2) is 6.74. The number of carboxylic acids is 1. The van der Waals surface area contributed by atoms with Crippen molar-refractivity contribution in [3.63, 3.8) is 0 Å². The average molecular weight is 322 g/mol. The normalized spacial score (nSPS) is 16.6. The molecule has 8 nitrogen and oxygen atoms in total. The van der Waals surface area contributed by atoms with Crippen molar-refractivity contribution in [3.8, 4) is 0 Å². The van der Waals surface area contributed by atoms with Crippen molar-refractivity contribution in [2.75, 3.05) is 13.2 Å². The molecule has 1 aliphatic rings. The lowest BCUT2D eigenvalue weighted by atomic mass is 9.86. The second-order valence-corrected chi connectivity index (χ2v) is 5.68. The van der Waals surface area contributed by atoms with Gasteiger partial charge in [0.25, 0.3) is 11.6 Å². The Morgan fingerprint density at radius 1 is 1.39 bits per heavy atom. The molecule has 1 amide bonds. The van der Waals surface area contributed by atoms with E-state index in [1.54, 1.807) is 6.92 Å². The quantitative estimate of drug-likeness (QED) is 0.628. The molecule has 2 N–H and O–H groups in total. The number of nitro benzene ring substituents is 1. The Labute approximate surface area is 132 Å². The van der Waals surface area contributed by atoms with Crippen LogP contribution in [0.5, 0.6) is 0 Å². The molecule has 0 spiro atoms. The fourth-order valence-electron chi connectivity index (χ4n) is 2.66. The first-order chi connectivity index (χ1) is 10.8. The predicted molar refractivity (Wildman–Crippen MR) is 80.3 cm³/mol. The highest BCUT2D eigenvalue weighted by molar-refractivity contribution is 5.95. The highest BCUT2D eigenvalue weighted by atomic mass is 16.6. The number of amides is 1. The zero-order valence-electron chi connectivity index (χ0n) is 12.7. The number of nitrogens with zero attached hydrogens (tertiary/aromatic N) is 1. The van der Waals surface area contributed by atoms with Crippen molar-refractivity contribution in [2.45, 2.75) is 31.7 Å². The molecule has 1 heterocycles. The van der Waals surface area contributed by atoms with Gasteiger partial charge < -0.3 is 15.2 Å². The third kappa shape index (κ3) is 4.04. The molecular formula is C15H18N2O6. The summed E-state index contributed by atoms with van der Waals surface area (Å²) in [5.41, 5.74) is -0.436. The van der Waals surface area contributed by atoms with Crippen LogP contribution in [0.3, 0.4) is 0 Å². The smallest absolute Gasteiger partial charge is 0.305 e. The van der Waals surface area contributed by atoms with Gasteiger partial charge in [-0.15, -0.1) is 0 Å². The van der Waals surface area contributed by atoms with Gasteiger partial charge >= 0.3 is 5.97 Å². The van der Waals surface area contributed by atoms with Crippen LogP contribution in [0.2, 0.25) is 0 Å². The zero-order valence-corrected chi connectivity index (χ0v) is 12.7. The summed E-state index contributed by atoms with van der Waals surface area (Å²) in [5, 5.41) is 22.8. The molecular weight excluding hydrogens is 304 g/mol. The lowest BCUT2D eigenvalue weighted by molar-refractivity contribution is -0.385. The number of aryl methyl sites for hydroxylation is 1. The zero-order chi connectivity index (χ0) is 17.0. The SMILES string of the molecule is Cc1ccc(C(=O)NC2(CC(=O)O)CCOCC2)cc1[N+](=O)[O-]. The van der Waals surface area contributed by atoms with Crippen molar-refractivity contribution in [2.24, 2.45) is 0 Å². The van der Waals surface area contributed by atoms with Crippen molar-refractivity contribution >= 4 is 17.6 Å². The monoisotopic (exact) mass is 322 g/mol. The number of hydrogen-bond acceptors (Lipinski definition) is 5. The van der Waals surface area contributed by atoms with E-state index in [0.29, 0.717) is 31.6 Å². The van der Waals surface area contributed by atoms with Crippen LogP contribution in [-0.4, -0.2) is 40.7 Å². The fraction of sp³-hybridized carbons (Fsp3) is 0.467. The number of carbonyl (C=O) groups is 2. The van der Waals surface area contributed by atoms with Crippen molar-refractivity contribution in [1.29, 1.82) is 0 Å². The number of hydrogen-bond donors (Lipinski definition) is 2. The van der Waals surface area contributed by atoms with Gasteiger partial charge in [-0.3, -0.25) is 19.7 Å². The molecule has 8 heteroatoms. The van der Waals surface area contributed by atoms with Crippen LogP contribution in [0.4, 0.5) is 5.69 Å². The Bertz CT molecular complexity index is 637. The van der Waals surface area contributed by atoms with Gasteiger partial charge in [-0.25, -0.2) is 0 Å². The number of aliphatic carboxylic acids is 1. The van der Waals surface area contributed by atoms with E-state index in [1.165, 1.54) is 18.2 Å². The van der Waals surface area contributed by atoms with Crippen LogP contribution in [0.25, 0.3) is 0 Å². The molecule has 0 aliphatic carbocycles. The van der Waals surface area contributed by atoms with Crippen LogP contribution in [0, 0.1) is 17.0 Å². The Kier molecular flexibility index (Phi) is 4.95. The van der Waals surface area contributed by atoms with Crippen LogP contribution in [0.1, 0.15) is 35.2 Å². The first kappa shape index (κ1) is 16.9. The third-order valence-electron chi connectivity index (χ3n) is 3.99. The summed E-state index contributed by atoms with van der Waals surface area (Å²) in [6, 6.07) is 4.20. The van der Waals surface area contributed by atoms with E-state index in [-0.39, 0.29) is 17.7 Å². The number of carbonyl (C=O) groups excluding carboxylic acids is 1. The van der Waals surface area contributed by atoms with E-state index in [2.05, 4.69) is 5.32 Å². The van der Waals surface area contributed by atoms with Gasteiger partial charge in [-0.05, 0) is 25.8 Å². The molecule has 2 rings (SSSR count).